The van der Waals surface area contributed by atoms with Crippen LogP contribution < -0.4 is 0 Å². The van der Waals surface area contributed by atoms with E-state index < -0.39 is 0 Å². The molecule has 2 N–H and O–H groups in total. The molecule has 190 valence electrons. The van der Waals surface area contributed by atoms with Crippen molar-refractivity contribution in [1.29, 1.82) is 0 Å². The number of hydrogen-bond acceptors (Lipinski definition) is 2. The Kier molecular flexibility index (Phi) is 10.1. The maximum atomic E-state index is 10.5. The van der Waals surface area contributed by atoms with Gasteiger partial charge in [-0.25, -0.2) is 0 Å². The number of phenolic OH excluding ortho intramolecular Hbond substituents is 2. The second-order valence-corrected chi connectivity index (χ2v) is 11.7. The van der Waals surface area contributed by atoms with Crippen LogP contribution in [-0.4, -0.2) is 10.2 Å². The summed E-state index contributed by atoms with van der Waals surface area (Å²) in [6.07, 6.45) is 11.7. The number of benzene rings is 2. The normalized spacial score (nSPS) is 12.4. The first-order valence-corrected chi connectivity index (χ1v) is 13.6. The third-order valence-electron chi connectivity index (χ3n) is 8.13. The zero-order valence-electron chi connectivity index (χ0n) is 23.3. The Morgan fingerprint density at radius 2 is 0.882 bits per heavy atom. The molecule has 0 radical (unpaired) electrons. The first-order valence-electron chi connectivity index (χ1n) is 13.6. The zero-order chi connectivity index (χ0) is 25.5. The van der Waals surface area contributed by atoms with Gasteiger partial charge in [-0.3, -0.25) is 0 Å². The van der Waals surface area contributed by atoms with Gasteiger partial charge in [-0.2, -0.15) is 0 Å². The Hall–Kier alpha value is -1.96. The predicted octanol–water partition coefficient (Wildman–Crippen LogP) is 9.22. The summed E-state index contributed by atoms with van der Waals surface area (Å²) in [5.41, 5.74) is 6.94. The van der Waals surface area contributed by atoms with Crippen LogP contribution in [0.4, 0.5) is 0 Å². The molecule has 0 unspecified atom stereocenters. The lowest BCUT2D eigenvalue weighted by atomic mass is 9.79. The summed E-state index contributed by atoms with van der Waals surface area (Å²) in [6, 6.07) is 8.80. The minimum atomic E-state index is 0.00788. The zero-order valence-corrected chi connectivity index (χ0v) is 23.3. The van der Waals surface area contributed by atoms with Gasteiger partial charge in [0, 0.05) is 11.1 Å². The number of aromatic hydroxyl groups is 2. The van der Waals surface area contributed by atoms with E-state index in [4.69, 9.17) is 0 Å². The van der Waals surface area contributed by atoms with Gasteiger partial charge >= 0.3 is 0 Å². The summed E-state index contributed by atoms with van der Waals surface area (Å²) in [4.78, 5) is 0. The number of aryl methyl sites for hydroxylation is 4. The van der Waals surface area contributed by atoms with Crippen molar-refractivity contribution in [1.82, 2.24) is 0 Å². The fourth-order valence-electron chi connectivity index (χ4n) is 4.78. The molecule has 0 aliphatic carbocycles. The van der Waals surface area contributed by atoms with Crippen LogP contribution in [-0.2, 0) is 23.7 Å². The summed E-state index contributed by atoms with van der Waals surface area (Å²) in [5.74, 6) is 0.953. The average molecular weight is 467 g/mol. The second-order valence-electron chi connectivity index (χ2n) is 11.7. The SMILES string of the molecule is CCC(C)(C)c1cc(CCCCCCCCc2cc(C)c(O)c(C(C)(C)CC)c2)cc(C)c1O. The fourth-order valence-corrected chi connectivity index (χ4v) is 4.78. The van der Waals surface area contributed by atoms with Crippen LogP contribution in [0.25, 0.3) is 0 Å². The molecular formula is C32H50O2. The lowest BCUT2D eigenvalue weighted by Crippen LogP contribution is -2.16. The molecule has 0 saturated carbocycles. The lowest BCUT2D eigenvalue weighted by molar-refractivity contribution is 0.424. The van der Waals surface area contributed by atoms with Gasteiger partial charge in [0.1, 0.15) is 11.5 Å². The third-order valence-corrected chi connectivity index (χ3v) is 8.13. The highest BCUT2D eigenvalue weighted by Crippen LogP contribution is 2.38. The van der Waals surface area contributed by atoms with Gasteiger partial charge in [-0.05, 0) is 85.5 Å². The van der Waals surface area contributed by atoms with Gasteiger partial charge < -0.3 is 10.2 Å². The molecular weight excluding hydrogens is 416 g/mol. The Morgan fingerprint density at radius 1 is 0.559 bits per heavy atom. The van der Waals surface area contributed by atoms with E-state index in [0.29, 0.717) is 11.5 Å². The minimum absolute atomic E-state index is 0.00788. The summed E-state index contributed by atoms with van der Waals surface area (Å²) in [7, 11) is 0. The highest BCUT2D eigenvalue weighted by molar-refractivity contribution is 5.47. The van der Waals surface area contributed by atoms with Gasteiger partial charge in [0.25, 0.3) is 0 Å². The molecule has 2 aromatic rings. The molecule has 0 heterocycles. The molecule has 34 heavy (non-hydrogen) atoms. The number of hydrogen-bond donors (Lipinski definition) is 2. The first kappa shape index (κ1) is 28.3. The topological polar surface area (TPSA) is 40.5 Å². The number of unbranched alkanes of at least 4 members (excludes halogenated alkanes) is 5. The minimum Gasteiger partial charge on any atom is -0.507 e. The molecule has 0 aliphatic heterocycles. The van der Waals surface area contributed by atoms with Crippen molar-refractivity contribution in [3.05, 3.63) is 57.6 Å². The molecule has 2 heteroatoms. The van der Waals surface area contributed by atoms with Crippen LogP contribution in [0.2, 0.25) is 0 Å². The monoisotopic (exact) mass is 466 g/mol. The molecule has 0 aromatic heterocycles. The van der Waals surface area contributed by atoms with Crippen molar-refractivity contribution in [3.63, 3.8) is 0 Å². The summed E-state index contributed by atoms with van der Waals surface area (Å²) in [5, 5.41) is 21.1. The van der Waals surface area contributed by atoms with E-state index in [9.17, 15) is 10.2 Å². The first-order chi connectivity index (χ1) is 15.9. The Balaban J connectivity index is 1.77. The van der Waals surface area contributed by atoms with Crippen molar-refractivity contribution >= 4 is 0 Å². The van der Waals surface area contributed by atoms with E-state index in [1.807, 2.05) is 13.8 Å². The Labute approximate surface area is 209 Å². The predicted molar refractivity (Wildman–Crippen MR) is 147 cm³/mol. The summed E-state index contributed by atoms with van der Waals surface area (Å²) in [6.45, 7) is 17.3. The molecule has 2 aromatic carbocycles. The number of phenols is 2. The maximum absolute atomic E-state index is 10.5. The van der Waals surface area contributed by atoms with Crippen LogP contribution in [0.5, 0.6) is 11.5 Å². The maximum Gasteiger partial charge on any atom is 0.122 e. The molecule has 0 atom stereocenters. The lowest BCUT2D eigenvalue weighted by Gasteiger charge is -2.26. The highest BCUT2D eigenvalue weighted by atomic mass is 16.3. The van der Waals surface area contributed by atoms with Crippen LogP contribution in [0, 0.1) is 13.8 Å². The van der Waals surface area contributed by atoms with Crippen LogP contribution in [0.1, 0.15) is 126 Å². The van der Waals surface area contributed by atoms with Crippen molar-refractivity contribution in [2.45, 2.75) is 130 Å². The van der Waals surface area contributed by atoms with Gasteiger partial charge in [0.2, 0.25) is 0 Å². The third kappa shape index (κ3) is 7.27. The van der Waals surface area contributed by atoms with Gasteiger partial charge in [-0.1, -0.05) is 91.5 Å². The molecule has 2 rings (SSSR count). The highest BCUT2D eigenvalue weighted by Gasteiger charge is 2.24. The quantitative estimate of drug-likeness (QED) is 0.289. The van der Waals surface area contributed by atoms with Gasteiger partial charge in [-0.15, -0.1) is 0 Å². The van der Waals surface area contributed by atoms with E-state index >= 15 is 0 Å². The molecule has 0 saturated heterocycles. The van der Waals surface area contributed by atoms with E-state index in [1.54, 1.807) is 0 Å². The largest absolute Gasteiger partial charge is 0.507 e. The van der Waals surface area contributed by atoms with Crippen molar-refractivity contribution < 1.29 is 10.2 Å². The Morgan fingerprint density at radius 3 is 1.21 bits per heavy atom. The van der Waals surface area contributed by atoms with Gasteiger partial charge in [0.15, 0.2) is 0 Å². The van der Waals surface area contributed by atoms with E-state index in [-0.39, 0.29) is 10.8 Å². The second kappa shape index (κ2) is 12.1. The average Bonchev–Trinajstić information content (AvgIpc) is 2.79. The fraction of sp³-hybridized carbons (Fsp3) is 0.625. The van der Waals surface area contributed by atoms with E-state index in [1.165, 1.54) is 49.7 Å². The summed E-state index contributed by atoms with van der Waals surface area (Å²) < 4.78 is 0. The van der Waals surface area contributed by atoms with Crippen molar-refractivity contribution in [3.8, 4) is 11.5 Å². The summed E-state index contributed by atoms with van der Waals surface area (Å²) >= 11 is 0. The van der Waals surface area contributed by atoms with Crippen LogP contribution in [0.3, 0.4) is 0 Å². The van der Waals surface area contributed by atoms with Crippen LogP contribution in [0.15, 0.2) is 24.3 Å². The molecule has 2 nitrogen and oxygen atoms in total. The Bertz CT molecular complexity index is 859. The van der Waals surface area contributed by atoms with E-state index in [0.717, 1.165) is 47.9 Å². The van der Waals surface area contributed by atoms with Crippen molar-refractivity contribution in [2.75, 3.05) is 0 Å². The smallest absolute Gasteiger partial charge is 0.122 e. The van der Waals surface area contributed by atoms with Crippen molar-refractivity contribution in [2.24, 2.45) is 0 Å². The number of rotatable bonds is 13. The molecule has 0 aliphatic rings. The van der Waals surface area contributed by atoms with E-state index in [2.05, 4.69) is 65.8 Å². The molecule has 0 amide bonds. The standard InChI is InChI=1S/C32H50O2/c1-9-31(5,6)27-21-25(19-23(3)29(27)33)17-15-13-11-12-14-16-18-26-20-24(4)30(34)28(22-26)32(7,8)10-2/h19-22,33-34H,9-18H2,1-8H3. The molecule has 0 fully saturated rings. The molecule has 0 bridgehead atoms. The molecule has 0 spiro atoms. The van der Waals surface area contributed by atoms with Gasteiger partial charge in [0.05, 0.1) is 0 Å². The van der Waals surface area contributed by atoms with Crippen LogP contribution >= 0.6 is 0 Å².